The number of ether oxygens (including phenoxy) is 1. The number of unbranched alkanes of at least 4 members (excludes halogenated alkanes) is 1. The Labute approximate surface area is 319 Å². The molecule has 9 N–H and O–H groups in total. The largest absolute Gasteiger partial charge is 0.497 e. The zero-order valence-electron chi connectivity index (χ0n) is 30.4. The molecule has 0 aromatic heterocycles. The van der Waals surface area contributed by atoms with E-state index in [0.717, 1.165) is 17.7 Å². The fraction of sp³-hybridized carbons (Fsp3) is 0.405. The molecule has 0 bridgehead atoms. The summed E-state index contributed by atoms with van der Waals surface area (Å²) in [5.41, 5.74) is 6.55. The van der Waals surface area contributed by atoms with Crippen LogP contribution in [0.5, 0.6) is 5.75 Å². The van der Waals surface area contributed by atoms with Gasteiger partial charge in [-0.15, -0.1) is 11.8 Å². The van der Waals surface area contributed by atoms with Gasteiger partial charge in [-0.3, -0.25) is 19.2 Å². The van der Waals surface area contributed by atoms with Gasteiger partial charge in [-0.2, -0.15) is 5.48 Å². The van der Waals surface area contributed by atoms with E-state index in [0.29, 0.717) is 48.0 Å². The molecule has 0 heterocycles. The van der Waals surface area contributed by atoms with E-state index in [2.05, 4.69) is 21.3 Å². The molecule has 0 aliphatic heterocycles. The molecular formula is C37H47BN6O9S. The van der Waals surface area contributed by atoms with Gasteiger partial charge in [0.05, 0.1) is 12.6 Å². The number of hydrogen-bond acceptors (Lipinski definition) is 11. The van der Waals surface area contributed by atoms with Crippen LogP contribution in [0.3, 0.4) is 0 Å². The number of hydroxylamine groups is 1. The summed E-state index contributed by atoms with van der Waals surface area (Å²) >= 11 is 0.667. The van der Waals surface area contributed by atoms with Gasteiger partial charge in [0.25, 0.3) is 0 Å². The van der Waals surface area contributed by atoms with Crippen LogP contribution in [0.1, 0.15) is 44.2 Å². The molecule has 0 aliphatic carbocycles. The number of carbonyl (C=O) groups is 6. The lowest BCUT2D eigenvalue weighted by molar-refractivity contribution is -0.138. The molecular weight excluding hydrogens is 715 g/mol. The van der Waals surface area contributed by atoms with Crippen LogP contribution in [0.15, 0.2) is 66.7 Å². The number of aliphatic carboxylic acids is 1. The van der Waals surface area contributed by atoms with E-state index in [1.807, 2.05) is 47.9 Å². The maximum Gasteiger partial charge on any atom is 0.336 e. The topological polar surface area (TPSA) is 238 Å². The van der Waals surface area contributed by atoms with E-state index in [1.165, 1.54) is 14.0 Å². The second kappa shape index (κ2) is 21.1. The molecule has 288 valence electrons. The predicted molar refractivity (Wildman–Crippen MR) is 205 cm³/mol. The van der Waals surface area contributed by atoms with Crippen molar-refractivity contribution in [3.63, 3.8) is 0 Å². The molecule has 17 heteroatoms. The Hall–Kier alpha value is -4.97. The van der Waals surface area contributed by atoms with Gasteiger partial charge >= 0.3 is 5.97 Å². The summed E-state index contributed by atoms with van der Waals surface area (Å²) in [6, 6.07) is 15.9. The van der Waals surface area contributed by atoms with E-state index in [9.17, 15) is 39.1 Å². The third kappa shape index (κ3) is 13.2. The first-order chi connectivity index (χ1) is 25.7. The van der Waals surface area contributed by atoms with Gasteiger partial charge in [0.2, 0.25) is 23.6 Å². The predicted octanol–water partition coefficient (Wildman–Crippen LogP) is 0.930. The lowest BCUT2D eigenvalue weighted by Crippen LogP contribution is -2.61. The first kappa shape index (κ1) is 43.4. The molecule has 3 rings (SSSR count). The number of hydrogen-bond donors (Lipinski definition) is 8. The van der Waals surface area contributed by atoms with Crippen molar-refractivity contribution >= 4 is 65.7 Å². The highest BCUT2D eigenvalue weighted by atomic mass is 32.2. The Morgan fingerprint density at radius 1 is 0.833 bits per heavy atom. The maximum absolute atomic E-state index is 14.2. The fourth-order valence-corrected chi connectivity index (χ4v) is 6.52. The third-order valence-corrected chi connectivity index (χ3v) is 9.83. The molecule has 54 heavy (non-hydrogen) atoms. The number of nitrogens with two attached hydrogens (primary N) is 1. The summed E-state index contributed by atoms with van der Waals surface area (Å²) in [5.74, 6) is -4.08. The van der Waals surface area contributed by atoms with Crippen LogP contribution >= 0.6 is 11.8 Å². The molecule has 15 nitrogen and oxygen atoms in total. The molecule has 3 aromatic carbocycles. The summed E-state index contributed by atoms with van der Waals surface area (Å²) in [6.07, 6.45) is 1.23. The molecule has 3 aromatic rings. The number of carboxylic acid groups (broad SMARTS) is 1. The second-order valence-electron chi connectivity index (χ2n) is 12.9. The third-order valence-electron chi connectivity index (χ3n) is 8.65. The summed E-state index contributed by atoms with van der Waals surface area (Å²) < 4.78 is 5.23. The van der Waals surface area contributed by atoms with Crippen LogP contribution in [0, 0.1) is 0 Å². The highest BCUT2D eigenvalue weighted by Gasteiger charge is 2.35. The minimum atomic E-state index is -1.46. The van der Waals surface area contributed by atoms with E-state index < -0.39 is 64.3 Å². The molecule has 4 unspecified atom stereocenters. The minimum absolute atomic E-state index is 0.000434. The van der Waals surface area contributed by atoms with Gasteiger partial charge in [-0.25, -0.2) is 4.79 Å². The second-order valence-corrected chi connectivity index (χ2v) is 14.1. The van der Waals surface area contributed by atoms with E-state index >= 15 is 0 Å². The van der Waals surface area contributed by atoms with Crippen LogP contribution in [-0.4, -0.2) is 102 Å². The molecule has 0 aliphatic rings. The van der Waals surface area contributed by atoms with Crippen molar-refractivity contribution in [2.45, 2.75) is 75.0 Å². The van der Waals surface area contributed by atoms with Crippen molar-refractivity contribution in [1.29, 1.82) is 0 Å². The molecule has 0 fully saturated rings. The Morgan fingerprint density at radius 3 is 2.00 bits per heavy atom. The first-order valence-electron chi connectivity index (χ1n) is 17.2. The van der Waals surface area contributed by atoms with Crippen molar-refractivity contribution in [3.05, 3.63) is 77.9 Å². The summed E-state index contributed by atoms with van der Waals surface area (Å²) in [7, 11) is 7.24. The molecule has 4 amide bonds. The SMILES string of the molecule is [B]C(=O)C(C)(CCCCN)NC(=O)[C@H](Cc1ccc2ccccc2c1)NC(=O)C(Cc1ccc(OC)cc1)NC(=O)C(CSC(NC(C)=O)C(=O)O)NO. The van der Waals surface area contributed by atoms with Crippen LogP contribution in [-0.2, 0) is 41.6 Å². The normalized spacial score (nSPS) is 14.4. The number of rotatable bonds is 22. The number of amides is 4. The minimum Gasteiger partial charge on any atom is -0.497 e. The molecule has 0 saturated heterocycles. The molecule has 0 spiro atoms. The molecule has 0 saturated carbocycles. The zero-order chi connectivity index (χ0) is 39.8. The number of nitrogens with one attached hydrogen (secondary N) is 5. The van der Waals surface area contributed by atoms with Crippen LogP contribution in [0.25, 0.3) is 10.8 Å². The van der Waals surface area contributed by atoms with Crippen LogP contribution in [0.2, 0.25) is 0 Å². The zero-order valence-corrected chi connectivity index (χ0v) is 31.2. The van der Waals surface area contributed by atoms with Crippen molar-refractivity contribution in [2.24, 2.45) is 5.73 Å². The average Bonchev–Trinajstić information content (AvgIpc) is 3.14. The van der Waals surface area contributed by atoms with E-state index in [1.54, 1.807) is 24.3 Å². The number of methoxy groups -OCH3 is 1. The number of fused-ring (bicyclic) bond motifs is 1. The summed E-state index contributed by atoms with van der Waals surface area (Å²) in [4.78, 5) is 77.4. The maximum atomic E-state index is 14.2. The molecule has 5 atom stereocenters. The quantitative estimate of drug-likeness (QED) is 0.0309. The number of benzene rings is 3. The lowest BCUT2D eigenvalue weighted by Gasteiger charge is -2.32. The van der Waals surface area contributed by atoms with Crippen LogP contribution < -0.4 is 37.2 Å². The van der Waals surface area contributed by atoms with Crippen molar-refractivity contribution in [1.82, 2.24) is 26.7 Å². The van der Waals surface area contributed by atoms with E-state index in [4.69, 9.17) is 18.3 Å². The van der Waals surface area contributed by atoms with Crippen LogP contribution in [0.4, 0.5) is 0 Å². The fourth-order valence-electron chi connectivity index (χ4n) is 5.51. The average molecular weight is 763 g/mol. The van der Waals surface area contributed by atoms with Gasteiger partial charge in [-0.05, 0) is 66.8 Å². The Balaban J connectivity index is 1.95. The van der Waals surface area contributed by atoms with Gasteiger partial charge in [0.1, 0.15) is 29.6 Å². The standard InChI is InChI=1S/C37H47BN6O9S/c1-22(45)40-34(35(49)50)54-21-30(44-52)32(47)41-28(19-23-11-14-27(53-3)15-12-23)31(46)42-29(20-24-10-13-25-8-4-5-9-26(25)18-24)33(48)43-37(2,36(38)51)16-6-7-17-39/h4-5,8-15,18,28-30,34,44,52H,6-7,16-17,19-21,39H2,1-3H3,(H,40,45)(H,41,47)(H,42,46)(H,43,48)(H,49,50)/t28?,29-,30?,34?,37?/m0/s1. The first-order valence-corrected chi connectivity index (χ1v) is 18.3. The monoisotopic (exact) mass is 762 g/mol. The van der Waals surface area contributed by atoms with Crippen molar-refractivity contribution < 1.29 is 43.8 Å². The number of carbonyl (C=O) groups excluding carboxylic acids is 5. The Morgan fingerprint density at radius 2 is 1.43 bits per heavy atom. The highest BCUT2D eigenvalue weighted by Crippen LogP contribution is 2.20. The van der Waals surface area contributed by atoms with Gasteiger partial charge in [-0.1, -0.05) is 54.6 Å². The smallest absolute Gasteiger partial charge is 0.336 e. The van der Waals surface area contributed by atoms with Crippen molar-refractivity contribution in [2.75, 3.05) is 19.4 Å². The van der Waals surface area contributed by atoms with Gasteiger partial charge in [0, 0.05) is 25.5 Å². The number of thioether (sulfide) groups is 1. The lowest BCUT2D eigenvalue weighted by atomic mass is 9.79. The van der Waals surface area contributed by atoms with Gasteiger partial charge < -0.3 is 46.8 Å². The summed E-state index contributed by atoms with van der Waals surface area (Å²) in [5, 5.41) is 30.1. The highest BCUT2D eigenvalue weighted by molar-refractivity contribution is 8.00. The summed E-state index contributed by atoms with van der Waals surface area (Å²) in [6.45, 7) is 3.02. The van der Waals surface area contributed by atoms with E-state index in [-0.39, 0.29) is 25.0 Å². The van der Waals surface area contributed by atoms with Crippen molar-refractivity contribution in [3.8, 4) is 5.75 Å². The molecule has 2 radical (unpaired) electrons. The Bertz CT molecular complexity index is 1780. The Kier molecular flexibility index (Phi) is 16.9. The van der Waals surface area contributed by atoms with Gasteiger partial charge in [0.15, 0.2) is 13.2 Å². The number of carboxylic acids is 1.